The molecule has 1 heterocycles. The highest BCUT2D eigenvalue weighted by Gasteiger charge is 2.28. The number of aromatic nitrogens is 2. The zero-order valence-electron chi connectivity index (χ0n) is 9.99. The van der Waals surface area contributed by atoms with Crippen LogP contribution in [0.5, 0.6) is 0 Å². The van der Waals surface area contributed by atoms with Gasteiger partial charge >= 0.3 is 0 Å². The van der Waals surface area contributed by atoms with Crippen molar-refractivity contribution in [1.29, 1.82) is 0 Å². The van der Waals surface area contributed by atoms with Gasteiger partial charge in [-0.15, -0.1) is 0 Å². The fourth-order valence-corrected chi connectivity index (χ4v) is 2.64. The number of nitrogens with zero attached hydrogens (tertiary/aromatic N) is 2. The van der Waals surface area contributed by atoms with Gasteiger partial charge in [0.2, 0.25) is 0 Å². The van der Waals surface area contributed by atoms with E-state index in [0.717, 1.165) is 43.1 Å². The standard InChI is InChI=1S/C12H17ClN2OS/c1-2-17-7-3-6-15-11(16)8-10(13)14-12(15)9-4-5-9/h8-9H,2-7H2,1H3. The fraction of sp³-hybridized carbons (Fsp3) is 0.667. The lowest BCUT2D eigenvalue weighted by Gasteiger charge is -2.11. The van der Waals surface area contributed by atoms with E-state index >= 15 is 0 Å². The Kier molecular flexibility index (Phi) is 4.51. The molecule has 0 spiro atoms. The lowest BCUT2D eigenvalue weighted by atomic mass is 10.3. The topological polar surface area (TPSA) is 34.9 Å². The van der Waals surface area contributed by atoms with E-state index in [1.165, 1.54) is 6.07 Å². The zero-order valence-corrected chi connectivity index (χ0v) is 11.6. The number of halogens is 1. The van der Waals surface area contributed by atoms with Crippen LogP contribution in [0.3, 0.4) is 0 Å². The maximum absolute atomic E-state index is 11.9. The third-order valence-corrected chi connectivity index (χ3v) is 4.00. The molecular weight excluding hydrogens is 256 g/mol. The van der Waals surface area contributed by atoms with E-state index in [-0.39, 0.29) is 5.56 Å². The summed E-state index contributed by atoms with van der Waals surface area (Å²) in [6, 6.07) is 1.42. The molecule has 1 fully saturated rings. The minimum absolute atomic E-state index is 0.00611. The summed E-state index contributed by atoms with van der Waals surface area (Å²) in [4.78, 5) is 16.2. The molecular formula is C12H17ClN2OS. The Balaban J connectivity index is 2.11. The summed E-state index contributed by atoms with van der Waals surface area (Å²) in [6.45, 7) is 2.91. The SMILES string of the molecule is CCSCCCn1c(C2CC2)nc(Cl)cc1=O. The van der Waals surface area contributed by atoms with Crippen molar-refractivity contribution in [2.75, 3.05) is 11.5 Å². The highest BCUT2D eigenvalue weighted by Crippen LogP contribution is 2.38. The molecule has 1 aliphatic rings. The van der Waals surface area contributed by atoms with Crippen molar-refractivity contribution in [3.05, 3.63) is 27.4 Å². The van der Waals surface area contributed by atoms with E-state index in [1.54, 1.807) is 4.57 Å². The molecule has 0 bridgehead atoms. The van der Waals surface area contributed by atoms with Crippen molar-refractivity contribution in [2.45, 2.75) is 38.6 Å². The van der Waals surface area contributed by atoms with Crippen molar-refractivity contribution in [3.63, 3.8) is 0 Å². The van der Waals surface area contributed by atoms with E-state index in [2.05, 4.69) is 11.9 Å². The van der Waals surface area contributed by atoms with E-state index < -0.39 is 0 Å². The van der Waals surface area contributed by atoms with Crippen molar-refractivity contribution in [1.82, 2.24) is 9.55 Å². The lowest BCUT2D eigenvalue weighted by Crippen LogP contribution is -2.24. The second-order valence-corrected chi connectivity index (χ2v) is 6.03. The van der Waals surface area contributed by atoms with Crippen molar-refractivity contribution >= 4 is 23.4 Å². The molecule has 0 aromatic carbocycles. The summed E-state index contributed by atoms with van der Waals surface area (Å²) >= 11 is 7.75. The van der Waals surface area contributed by atoms with Crippen LogP contribution >= 0.6 is 23.4 Å². The third kappa shape index (κ3) is 3.49. The normalized spacial score (nSPS) is 15.2. The Hall–Kier alpha value is -0.480. The third-order valence-electron chi connectivity index (χ3n) is 2.82. The highest BCUT2D eigenvalue weighted by molar-refractivity contribution is 7.99. The molecule has 0 aliphatic heterocycles. The number of hydrogen-bond donors (Lipinski definition) is 0. The molecule has 0 saturated heterocycles. The molecule has 17 heavy (non-hydrogen) atoms. The molecule has 0 amide bonds. The molecule has 1 aromatic heterocycles. The molecule has 94 valence electrons. The van der Waals surface area contributed by atoms with Crippen LogP contribution in [-0.2, 0) is 6.54 Å². The molecule has 3 nitrogen and oxygen atoms in total. The molecule has 5 heteroatoms. The average molecular weight is 273 g/mol. The average Bonchev–Trinajstić information content (AvgIpc) is 3.09. The highest BCUT2D eigenvalue weighted by atomic mass is 35.5. The Morgan fingerprint density at radius 3 is 3.00 bits per heavy atom. The summed E-state index contributed by atoms with van der Waals surface area (Å²) in [6.07, 6.45) is 3.29. The monoisotopic (exact) mass is 272 g/mol. The smallest absolute Gasteiger partial charge is 0.254 e. The van der Waals surface area contributed by atoms with E-state index in [0.29, 0.717) is 11.1 Å². The molecule has 0 atom stereocenters. The summed E-state index contributed by atoms with van der Waals surface area (Å²) in [7, 11) is 0. The maximum atomic E-state index is 11.9. The summed E-state index contributed by atoms with van der Waals surface area (Å²) in [5.74, 6) is 3.57. The number of rotatable bonds is 6. The first-order valence-electron chi connectivity index (χ1n) is 6.07. The first kappa shape index (κ1) is 13.0. The lowest BCUT2D eigenvalue weighted by molar-refractivity contribution is 0.602. The minimum atomic E-state index is -0.00611. The first-order chi connectivity index (χ1) is 8.22. The molecule has 2 rings (SSSR count). The van der Waals surface area contributed by atoms with Gasteiger partial charge in [-0.1, -0.05) is 18.5 Å². The van der Waals surface area contributed by atoms with Gasteiger partial charge in [0.1, 0.15) is 11.0 Å². The van der Waals surface area contributed by atoms with Crippen molar-refractivity contribution in [2.24, 2.45) is 0 Å². The quantitative estimate of drug-likeness (QED) is 0.590. The van der Waals surface area contributed by atoms with Gasteiger partial charge in [-0.05, 0) is 30.8 Å². The molecule has 0 N–H and O–H groups in total. The Morgan fingerprint density at radius 2 is 2.35 bits per heavy atom. The molecule has 0 radical (unpaired) electrons. The van der Waals surface area contributed by atoms with Crippen LogP contribution in [0.25, 0.3) is 0 Å². The van der Waals surface area contributed by atoms with Gasteiger partial charge in [0.25, 0.3) is 5.56 Å². The Bertz CT molecular complexity index is 443. The maximum Gasteiger partial charge on any atom is 0.254 e. The summed E-state index contributed by atoms with van der Waals surface area (Å²) < 4.78 is 1.81. The number of hydrogen-bond acceptors (Lipinski definition) is 3. The van der Waals surface area contributed by atoms with Gasteiger partial charge in [0.05, 0.1) is 0 Å². The molecule has 0 unspecified atom stereocenters. The van der Waals surface area contributed by atoms with Crippen LogP contribution in [0, 0.1) is 0 Å². The van der Waals surface area contributed by atoms with Crippen LogP contribution in [0.15, 0.2) is 10.9 Å². The van der Waals surface area contributed by atoms with Gasteiger partial charge in [-0.2, -0.15) is 11.8 Å². The van der Waals surface area contributed by atoms with Gasteiger partial charge in [0, 0.05) is 18.5 Å². The predicted octanol–water partition coefficient (Wildman–Crippen LogP) is 2.92. The molecule has 1 saturated carbocycles. The van der Waals surface area contributed by atoms with Crippen LogP contribution in [0.4, 0.5) is 0 Å². The molecule has 1 aliphatic carbocycles. The van der Waals surface area contributed by atoms with Gasteiger partial charge in [-0.25, -0.2) is 4.98 Å². The fourth-order valence-electron chi connectivity index (χ4n) is 1.84. The first-order valence-corrected chi connectivity index (χ1v) is 7.60. The van der Waals surface area contributed by atoms with Crippen LogP contribution in [0.2, 0.25) is 5.15 Å². The Morgan fingerprint density at radius 1 is 1.59 bits per heavy atom. The van der Waals surface area contributed by atoms with Gasteiger partial charge in [-0.3, -0.25) is 9.36 Å². The summed E-state index contributed by atoms with van der Waals surface area (Å²) in [5, 5.41) is 0.330. The summed E-state index contributed by atoms with van der Waals surface area (Å²) in [5.41, 5.74) is -0.00611. The van der Waals surface area contributed by atoms with Crippen LogP contribution < -0.4 is 5.56 Å². The van der Waals surface area contributed by atoms with Crippen molar-refractivity contribution < 1.29 is 0 Å². The van der Waals surface area contributed by atoms with Crippen molar-refractivity contribution in [3.8, 4) is 0 Å². The van der Waals surface area contributed by atoms with E-state index in [4.69, 9.17) is 11.6 Å². The Labute approximate surface area is 111 Å². The second kappa shape index (κ2) is 5.91. The predicted molar refractivity (Wildman–Crippen MR) is 73.1 cm³/mol. The molecule has 1 aromatic rings. The zero-order chi connectivity index (χ0) is 12.3. The largest absolute Gasteiger partial charge is 0.296 e. The van der Waals surface area contributed by atoms with Gasteiger partial charge < -0.3 is 0 Å². The van der Waals surface area contributed by atoms with E-state index in [9.17, 15) is 4.79 Å². The van der Waals surface area contributed by atoms with Crippen LogP contribution in [0.1, 0.15) is 37.9 Å². The second-order valence-electron chi connectivity index (χ2n) is 4.25. The van der Waals surface area contributed by atoms with Gasteiger partial charge in [0.15, 0.2) is 0 Å². The van der Waals surface area contributed by atoms with E-state index in [1.807, 2.05) is 11.8 Å². The van der Waals surface area contributed by atoms with Crippen LogP contribution in [-0.4, -0.2) is 21.1 Å². The number of thioether (sulfide) groups is 1. The minimum Gasteiger partial charge on any atom is -0.296 e.